The molecule has 1 aromatic rings. The van der Waals surface area contributed by atoms with Crippen LogP contribution in [0, 0.1) is 0 Å². The lowest BCUT2D eigenvalue weighted by Crippen LogP contribution is -2.28. The molecule has 17 heavy (non-hydrogen) atoms. The first kappa shape index (κ1) is 13.7. The van der Waals surface area contributed by atoms with Gasteiger partial charge < -0.3 is 20.8 Å². The van der Waals surface area contributed by atoms with Crippen molar-refractivity contribution in [2.24, 2.45) is 0 Å². The van der Waals surface area contributed by atoms with Crippen LogP contribution in [-0.4, -0.2) is 46.5 Å². The van der Waals surface area contributed by atoms with Crippen molar-refractivity contribution < 1.29 is 10.2 Å². The predicted molar refractivity (Wildman–Crippen MR) is 67.3 cm³/mol. The molecule has 0 aromatic carbocycles. The molecule has 6 heteroatoms. The van der Waals surface area contributed by atoms with Crippen LogP contribution in [0.1, 0.15) is 25.6 Å². The number of aromatic nitrogens is 2. The standard InChI is InChI=1S/C11H20N4O2/c1-7(2)11-14-9(12-3)4-10(15-11)13-8(5-16)6-17/h4,7-8,16-17H,5-6H2,1-3H3,(H2,12,13,14,15). The molecular formula is C11H20N4O2. The highest BCUT2D eigenvalue weighted by Gasteiger charge is 2.10. The zero-order valence-electron chi connectivity index (χ0n) is 10.4. The van der Waals surface area contributed by atoms with E-state index in [2.05, 4.69) is 20.6 Å². The van der Waals surface area contributed by atoms with Gasteiger partial charge in [-0.1, -0.05) is 13.8 Å². The van der Waals surface area contributed by atoms with Crippen LogP contribution in [0.2, 0.25) is 0 Å². The van der Waals surface area contributed by atoms with Gasteiger partial charge in [-0.25, -0.2) is 9.97 Å². The number of aliphatic hydroxyl groups is 2. The average Bonchev–Trinajstić information content (AvgIpc) is 2.35. The molecular weight excluding hydrogens is 220 g/mol. The van der Waals surface area contributed by atoms with Gasteiger partial charge in [0.2, 0.25) is 0 Å². The molecule has 0 saturated heterocycles. The molecule has 0 aliphatic rings. The second-order valence-electron chi connectivity index (χ2n) is 4.11. The molecule has 1 aromatic heterocycles. The van der Waals surface area contributed by atoms with E-state index in [0.717, 1.165) is 0 Å². The van der Waals surface area contributed by atoms with E-state index in [-0.39, 0.29) is 19.1 Å². The summed E-state index contributed by atoms with van der Waals surface area (Å²) in [5.74, 6) is 2.24. The highest BCUT2D eigenvalue weighted by atomic mass is 16.3. The van der Waals surface area contributed by atoms with Crippen LogP contribution in [-0.2, 0) is 0 Å². The summed E-state index contributed by atoms with van der Waals surface area (Å²) in [6, 6.07) is 1.33. The van der Waals surface area contributed by atoms with Crippen LogP contribution in [0.25, 0.3) is 0 Å². The molecule has 1 heterocycles. The van der Waals surface area contributed by atoms with E-state index in [9.17, 15) is 0 Å². The first-order valence-corrected chi connectivity index (χ1v) is 5.65. The van der Waals surface area contributed by atoms with Gasteiger partial charge in [0.15, 0.2) is 0 Å². The molecule has 6 nitrogen and oxygen atoms in total. The first-order valence-electron chi connectivity index (χ1n) is 5.65. The van der Waals surface area contributed by atoms with Crippen molar-refractivity contribution in [1.82, 2.24) is 9.97 Å². The van der Waals surface area contributed by atoms with E-state index in [4.69, 9.17) is 10.2 Å². The molecule has 0 atom stereocenters. The summed E-state index contributed by atoms with van der Waals surface area (Å²) in [5.41, 5.74) is 0. The van der Waals surface area contributed by atoms with Gasteiger partial charge in [0, 0.05) is 19.0 Å². The lowest BCUT2D eigenvalue weighted by Gasteiger charge is -2.16. The molecule has 0 radical (unpaired) electrons. The fourth-order valence-electron chi connectivity index (χ4n) is 1.28. The average molecular weight is 240 g/mol. The largest absolute Gasteiger partial charge is 0.394 e. The Morgan fingerprint density at radius 1 is 1.18 bits per heavy atom. The van der Waals surface area contributed by atoms with Gasteiger partial charge >= 0.3 is 0 Å². The highest BCUT2D eigenvalue weighted by Crippen LogP contribution is 2.17. The van der Waals surface area contributed by atoms with Gasteiger partial charge in [0.25, 0.3) is 0 Å². The topological polar surface area (TPSA) is 90.3 Å². The van der Waals surface area contributed by atoms with Crippen LogP contribution in [0.5, 0.6) is 0 Å². The number of hydrogen-bond acceptors (Lipinski definition) is 6. The van der Waals surface area contributed by atoms with Gasteiger partial charge in [0.05, 0.1) is 19.3 Å². The molecule has 4 N–H and O–H groups in total. The van der Waals surface area contributed by atoms with Gasteiger partial charge in [-0.05, 0) is 0 Å². The Bertz CT molecular complexity index is 353. The van der Waals surface area contributed by atoms with Crippen molar-refractivity contribution in [1.29, 1.82) is 0 Å². The minimum Gasteiger partial charge on any atom is -0.394 e. The Labute approximate surface area is 101 Å². The third-order valence-corrected chi connectivity index (χ3v) is 2.31. The maximum Gasteiger partial charge on any atom is 0.135 e. The van der Waals surface area contributed by atoms with Crippen molar-refractivity contribution in [3.05, 3.63) is 11.9 Å². The third-order valence-electron chi connectivity index (χ3n) is 2.31. The Hall–Kier alpha value is -1.40. The first-order chi connectivity index (χ1) is 8.10. The molecule has 0 aliphatic heterocycles. The maximum atomic E-state index is 9.01. The van der Waals surface area contributed by atoms with Crippen molar-refractivity contribution in [2.75, 3.05) is 30.9 Å². The van der Waals surface area contributed by atoms with Crippen LogP contribution in [0.4, 0.5) is 11.6 Å². The zero-order chi connectivity index (χ0) is 12.8. The summed E-state index contributed by atoms with van der Waals surface area (Å²) < 4.78 is 0. The smallest absolute Gasteiger partial charge is 0.135 e. The van der Waals surface area contributed by atoms with Gasteiger partial charge in [-0.2, -0.15) is 0 Å². The highest BCUT2D eigenvalue weighted by molar-refractivity contribution is 5.48. The SMILES string of the molecule is CNc1cc(NC(CO)CO)nc(C(C)C)n1. The lowest BCUT2D eigenvalue weighted by molar-refractivity contribution is 0.203. The molecule has 0 saturated carbocycles. The third kappa shape index (κ3) is 3.83. The molecule has 1 rings (SSSR count). The number of anilines is 2. The minimum atomic E-state index is -0.408. The maximum absolute atomic E-state index is 9.01. The van der Waals surface area contributed by atoms with E-state index in [1.165, 1.54) is 0 Å². The molecule has 0 spiro atoms. The summed E-state index contributed by atoms with van der Waals surface area (Å²) in [7, 11) is 1.78. The van der Waals surface area contributed by atoms with Crippen LogP contribution in [0.3, 0.4) is 0 Å². The second-order valence-corrected chi connectivity index (χ2v) is 4.11. The molecule has 0 amide bonds. The molecule has 0 bridgehead atoms. The van der Waals surface area contributed by atoms with Crippen LogP contribution >= 0.6 is 0 Å². The number of rotatable bonds is 6. The Morgan fingerprint density at radius 3 is 2.24 bits per heavy atom. The van der Waals surface area contributed by atoms with E-state index >= 15 is 0 Å². The number of nitrogens with one attached hydrogen (secondary N) is 2. The van der Waals surface area contributed by atoms with Crippen molar-refractivity contribution in [2.45, 2.75) is 25.8 Å². The molecule has 0 unspecified atom stereocenters. The summed E-state index contributed by atoms with van der Waals surface area (Å²) in [5, 5.41) is 23.9. The fourth-order valence-corrected chi connectivity index (χ4v) is 1.28. The van der Waals surface area contributed by atoms with E-state index in [0.29, 0.717) is 17.5 Å². The van der Waals surface area contributed by atoms with E-state index in [1.807, 2.05) is 13.8 Å². The minimum absolute atomic E-state index is 0.146. The number of hydrogen-bond donors (Lipinski definition) is 4. The summed E-state index contributed by atoms with van der Waals surface area (Å²) in [6.45, 7) is 3.72. The molecule has 0 fully saturated rings. The molecule has 96 valence electrons. The summed E-state index contributed by atoms with van der Waals surface area (Å²) >= 11 is 0. The molecule has 0 aliphatic carbocycles. The van der Waals surface area contributed by atoms with E-state index in [1.54, 1.807) is 13.1 Å². The second kappa shape index (κ2) is 6.36. The normalized spacial score (nSPS) is 11.0. The van der Waals surface area contributed by atoms with Crippen molar-refractivity contribution in [3.63, 3.8) is 0 Å². The number of aliphatic hydroxyl groups excluding tert-OH is 2. The van der Waals surface area contributed by atoms with Crippen LogP contribution in [0.15, 0.2) is 6.07 Å². The van der Waals surface area contributed by atoms with Gasteiger partial charge in [0.1, 0.15) is 17.5 Å². The van der Waals surface area contributed by atoms with Crippen molar-refractivity contribution >= 4 is 11.6 Å². The lowest BCUT2D eigenvalue weighted by atomic mass is 10.2. The Balaban J connectivity index is 2.94. The monoisotopic (exact) mass is 240 g/mol. The van der Waals surface area contributed by atoms with E-state index < -0.39 is 6.04 Å². The van der Waals surface area contributed by atoms with Crippen molar-refractivity contribution in [3.8, 4) is 0 Å². The quantitative estimate of drug-likeness (QED) is 0.575. The Morgan fingerprint density at radius 2 is 1.76 bits per heavy atom. The summed E-state index contributed by atoms with van der Waals surface area (Å²) in [4.78, 5) is 8.66. The zero-order valence-corrected chi connectivity index (χ0v) is 10.4. The fraction of sp³-hybridized carbons (Fsp3) is 0.636. The van der Waals surface area contributed by atoms with Gasteiger partial charge in [-0.15, -0.1) is 0 Å². The Kier molecular flexibility index (Phi) is 5.11. The summed E-state index contributed by atoms with van der Waals surface area (Å²) in [6.07, 6.45) is 0. The van der Waals surface area contributed by atoms with Crippen LogP contribution < -0.4 is 10.6 Å². The number of nitrogens with zero attached hydrogens (tertiary/aromatic N) is 2. The van der Waals surface area contributed by atoms with Gasteiger partial charge in [-0.3, -0.25) is 0 Å². The predicted octanol–water partition coefficient (Wildman–Crippen LogP) is 0.407.